The highest BCUT2D eigenvalue weighted by Crippen LogP contribution is 2.52. The summed E-state index contributed by atoms with van der Waals surface area (Å²) in [5.74, 6) is -2.38. The Morgan fingerprint density at radius 3 is 2.64 bits per heavy atom. The van der Waals surface area contributed by atoms with Gasteiger partial charge in [-0.15, -0.1) is 0 Å². The lowest BCUT2D eigenvalue weighted by molar-refractivity contribution is 0.0975. The molecule has 4 aromatic rings. The van der Waals surface area contributed by atoms with E-state index < -0.39 is 38.8 Å². The van der Waals surface area contributed by atoms with Gasteiger partial charge in [0, 0.05) is 29.7 Å². The maximum atomic E-state index is 16.2. The molecule has 2 N–H and O–H groups in total. The first kappa shape index (κ1) is 29.2. The summed E-state index contributed by atoms with van der Waals surface area (Å²) >= 11 is 0. The Kier molecular flexibility index (Phi) is 7.32. The average Bonchev–Trinajstić information content (AvgIpc) is 3.11. The van der Waals surface area contributed by atoms with Gasteiger partial charge in [0.2, 0.25) is 0 Å². The number of hydrogen-bond donors (Lipinski definition) is 2. The third-order valence-electron chi connectivity index (χ3n) is 7.49. The van der Waals surface area contributed by atoms with Crippen molar-refractivity contribution in [3.63, 3.8) is 0 Å². The van der Waals surface area contributed by atoms with Crippen LogP contribution in [0.3, 0.4) is 0 Å². The monoisotopic (exact) mass is 618 g/mol. The maximum Gasteiger partial charge on any atom is 0.279 e. The van der Waals surface area contributed by atoms with Crippen molar-refractivity contribution in [2.45, 2.75) is 32.9 Å². The number of allylic oxidation sites excluding steroid dienone is 1. The molecule has 1 aromatic heterocycles. The van der Waals surface area contributed by atoms with Gasteiger partial charge in [-0.05, 0) is 53.8 Å². The fourth-order valence-corrected chi connectivity index (χ4v) is 8.11. The number of ether oxygens (including phenoxy) is 1. The largest absolute Gasteiger partial charge is 0.506 e. The molecule has 44 heavy (non-hydrogen) atoms. The number of sulfone groups is 1. The van der Waals surface area contributed by atoms with E-state index in [1.54, 1.807) is 19.9 Å². The molecule has 226 valence electrons. The van der Waals surface area contributed by atoms with Crippen LogP contribution in [0, 0.1) is 17.0 Å². The molecular formula is C32H28F2N4O5S. The van der Waals surface area contributed by atoms with Crippen LogP contribution in [-0.2, 0) is 16.4 Å². The van der Waals surface area contributed by atoms with Crippen LogP contribution in [0.1, 0.15) is 47.9 Å². The van der Waals surface area contributed by atoms with E-state index in [-0.39, 0.29) is 63.5 Å². The average molecular weight is 619 g/mol. The van der Waals surface area contributed by atoms with Crippen LogP contribution >= 0.6 is 0 Å². The van der Waals surface area contributed by atoms with Crippen molar-refractivity contribution in [3.8, 4) is 11.5 Å². The van der Waals surface area contributed by atoms with E-state index in [4.69, 9.17) is 4.74 Å². The molecular weight excluding hydrogens is 590 g/mol. The number of carbonyl (C=O) groups is 1. The lowest BCUT2D eigenvalue weighted by atomic mass is 9.88. The quantitative estimate of drug-likeness (QED) is 0.265. The number of fused-ring (bicyclic) bond motifs is 1. The van der Waals surface area contributed by atoms with Crippen LogP contribution in [-0.4, -0.2) is 35.2 Å². The van der Waals surface area contributed by atoms with E-state index >= 15 is 4.39 Å². The third-order valence-corrected chi connectivity index (χ3v) is 9.79. The van der Waals surface area contributed by atoms with Crippen LogP contribution in [0.4, 0.5) is 20.2 Å². The maximum absolute atomic E-state index is 16.2. The standard InChI is InChI=1S/C32H28F2N4O5S/c1-32(2)15-24-30(44(41,42)18-32)29(22-10-9-21(14-23(22)34)43-17-19-5-3-6-20(33)13-19)38(31(40)25-16-35-11-12-36-25)26-7-4-8-27(39)28(26)37-24/h3-14,16,29,37,39H,15,17-18H2,1-2H3. The molecule has 2 aliphatic rings. The van der Waals surface area contributed by atoms with Crippen molar-refractivity contribution >= 4 is 27.1 Å². The van der Waals surface area contributed by atoms with Gasteiger partial charge in [-0.1, -0.05) is 32.0 Å². The van der Waals surface area contributed by atoms with E-state index in [0.717, 1.165) is 11.0 Å². The summed E-state index contributed by atoms with van der Waals surface area (Å²) in [5, 5.41) is 14.0. The molecule has 12 heteroatoms. The number of hydrogen-bond acceptors (Lipinski definition) is 8. The second-order valence-corrected chi connectivity index (χ2v) is 13.5. The number of nitrogens with one attached hydrogen (secondary N) is 1. The number of rotatable bonds is 5. The van der Waals surface area contributed by atoms with Crippen LogP contribution in [0.15, 0.2) is 89.9 Å². The number of anilines is 2. The molecule has 3 aromatic carbocycles. The zero-order chi connectivity index (χ0) is 31.2. The highest BCUT2D eigenvalue weighted by molar-refractivity contribution is 7.95. The van der Waals surface area contributed by atoms with E-state index in [1.165, 1.54) is 67.1 Å². The molecule has 6 rings (SSSR count). The number of amides is 1. The smallest absolute Gasteiger partial charge is 0.279 e. The van der Waals surface area contributed by atoms with Gasteiger partial charge >= 0.3 is 0 Å². The van der Waals surface area contributed by atoms with Crippen molar-refractivity contribution in [2.24, 2.45) is 5.41 Å². The zero-order valence-electron chi connectivity index (χ0n) is 23.8. The number of para-hydroxylation sites is 1. The Morgan fingerprint density at radius 1 is 1.11 bits per heavy atom. The third kappa shape index (κ3) is 5.48. The predicted octanol–water partition coefficient (Wildman–Crippen LogP) is 5.91. The Hall–Kier alpha value is -4.84. The minimum atomic E-state index is -4.10. The van der Waals surface area contributed by atoms with Crippen molar-refractivity contribution < 1.29 is 31.8 Å². The normalized spacial score (nSPS) is 18.5. The van der Waals surface area contributed by atoms with Gasteiger partial charge in [0.05, 0.1) is 22.5 Å². The van der Waals surface area contributed by atoms with E-state index in [9.17, 15) is 22.7 Å². The molecule has 0 fully saturated rings. The molecule has 0 bridgehead atoms. The van der Waals surface area contributed by atoms with Gasteiger partial charge < -0.3 is 15.2 Å². The molecule has 9 nitrogen and oxygen atoms in total. The molecule has 0 spiro atoms. The fraction of sp³-hybridized carbons (Fsp3) is 0.219. The van der Waals surface area contributed by atoms with Gasteiger partial charge in [-0.25, -0.2) is 22.2 Å². The number of benzene rings is 3. The lowest BCUT2D eigenvalue weighted by Gasteiger charge is -2.37. The van der Waals surface area contributed by atoms with Gasteiger partial charge in [0.25, 0.3) is 5.91 Å². The number of phenols is 1. The number of aromatic nitrogens is 2. The van der Waals surface area contributed by atoms with Crippen molar-refractivity contribution in [1.29, 1.82) is 0 Å². The molecule has 0 saturated carbocycles. The molecule has 2 aliphatic heterocycles. The Balaban J connectivity index is 1.54. The van der Waals surface area contributed by atoms with Crippen LogP contribution in [0.25, 0.3) is 0 Å². The summed E-state index contributed by atoms with van der Waals surface area (Å²) in [7, 11) is -4.10. The Bertz CT molecular complexity index is 1920. The number of aromatic hydroxyl groups is 1. The first-order chi connectivity index (χ1) is 20.9. The second kappa shape index (κ2) is 11.0. The van der Waals surface area contributed by atoms with Crippen LogP contribution < -0.4 is 15.0 Å². The van der Waals surface area contributed by atoms with E-state index in [2.05, 4.69) is 15.3 Å². The first-order valence-electron chi connectivity index (χ1n) is 13.7. The van der Waals surface area contributed by atoms with E-state index in [1.807, 2.05) is 0 Å². The molecule has 1 amide bonds. The number of carbonyl (C=O) groups excluding carboxylic acids is 1. The minimum Gasteiger partial charge on any atom is -0.506 e. The lowest BCUT2D eigenvalue weighted by Crippen LogP contribution is -2.41. The molecule has 0 radical (unpaired) electrons. The zero-order valence-corrected chi connectivity index (χ0v) is 24.6. The van der Waals surface area contributed by atoms with Gasteiger partial charge in [0.1, 0.15) is 47.2 Å². The van der Waals surface area contributed by atoms with Crippen molar-refractivity contribution in [2.75, 3.05) is 16.0 Å². The summed E-state index contributed by atoms with van der Waals surface area (Å²) in [4.78, 5) is 23.3. The number of phenolic OH excluding ortho intramolecular Hbond substituents is 1. The number of nitrogens with zero attached hydrogens (tertiary/aromatic N) is 3. The summed E-state index contributed by atoms with van der Waals surface area (Å²) in [6.45, 7) is 3.57. The van der Waals surface area contributed by atoms with Crippen molar-refractivity contribution in [1.82, 2.24) is 9.97 Å². The molecule has 1 unspecified atom stereocenters. The minimum absolute atomic E-state index is 0.0351. The SMILES string of the molecule is CC1(C)CC2=C(C(c3ccc(OCc4cccc(F)c4)cc3F)N(C(=O)c3cnccn3)c3cccc(O)c3N2)S(=O)(=O)C1. The Labute approximate surface area is 252 Å². The van der Waals surface area contributed by atoms with E-state index in [0.29, 0.717) is 5.56 Å². The molecule has 0 saturated heterocycles. The highest BCUT2D eigenvalue weighted by atomic mass is 32.2. The Morgan fingerprint density at radius 2 is 1.91 bits per heavy atom. The predicted molar refractivity (Wildman–Crippen MR) is 160 cm³/mol. The number of halogens is 2. The summed E-state index contributed by atoms with van der Waals surface area (Å²) in [6.07, 6.45) is 4.18. The van der Waals surface area contributed by atoms with Gasteiger partial charge in [-0.2, -0.15) is 0 Å². The van der Waals surface area contributed by atoms with Gasteiger partial charge in [0.15, 0.2) is 9.84 Å². The highest BCUT2D eigenvalue weighted by Gasteiger charge is 2.48. The molecule has 3 heterocycles. The molecule has 1 atom stereocenters. The summed E-state index contributed by atoms with van der Waals surface area (Å²) < 4.78 is 63.7. The summed E-state index contributed by atoms with van der Waals surface area (Å²) in [5.41, 5.74) is 0.0780. The summed E-state index contributed by atoms with van der Waals surface area (Å²) in [6, 6.07) is 12.7. The first-order valence-corrected chi connectivity index (χ1v) is 15.4. The topological polar surface area (TPSA) is 122 Å². The molecule has 0 aliphatic carbocycles. The van der Waals surface area contributed by atoms with Crippen LogP contribution in [0.2, 0.25) is 0 Å². The van der Waals surface area contributed by atoms with Crippen molar-refractivity contribution in [3.05, 3.63) is 118 Å². The van der Waals surface area contributed by atoms with Gasteiger partial charge in [-0.3, -0.25) is 14.7 Å². The second-order valence-electron chi connectivity index (χ2n) is 11.5. The van der Waals surface area contributed by atoms with Crippen LogP contribution in [0.5, 0.6) is 11.5 Å². The fourth-order valence-electron chi connectivity index (χ4n) is 5.75.